The molecule has 0 aromatic heterocycles. The van der Waals surface area contributed by atoms with E-state index in [-0.39, 0.29) is 0 Å². The Balaban J connectivity index is 2.47. The molecule has 1 atom stereocenters. The van der Waals surface area contributed by atoms with Gasteiger partial charge in [-0.1, -0.05) is 35.3 Å². The molecule has 0 aliphatic rings. The summed E-state index contributed by atoms with van der Waals surface area (Å²) < 4.78 is 10.5. The Morgan fingerprint density at radius 1 is 0.905 bits per heavy atom. The summed E-state index contributed by atoms with van der Waals surface area (Å²) in [6.07, 6.45) is 0. The van der Waals surface area contributed by atoms with Gasteiger partial charge in [0, 0.05) is 16.1 Å². The molecule has 1 unspecified atom stereocenters. The Morgan fingerprint density at radius 2 is 1.52 bits per heavy atom. The van der Waals surface area contributed by atoms with Gasteiger partial charge in [0.05, 0.1) is 19.6 Å². The first kappa shape index (κ1) is 16.3. The number of alkyl halides is 1. The molecule has 0 bridgehead atoms. The molecule has 2 rings (SSSR count). The third kappa shape index (κ3) is 3.39. The summed E-state index contributed by atoms with van der Waals surface area (Å²) in [6.45, 7) is 1.94. The van der Waals surface area contributed by atoms with Crippen LogP contribution in [0, 0.1) is 6.92 Å². The minimum atomic E-state index is -0.395. The summed E-state index contributed by atoms with van der Waals surface area (Å²) in [6, 6.07) is 9.17. The van der Waals surface area contributed by atoms with Crippen LogP contribution in [-0.4, -0.2) is 14.2 Å². The number of aryl methyl sites for hydroxylation is 1. The predicted molar refractivity (Wildman–Crippen MR) is 88.4 cm³/mol. The summed E-state index contributed by atoms with van der Waals surface area (Å²) in [4.78, 5) is 0. The molecule has 2 aromatic carbocycles. The highest BCUT2D eigenvalue weighted by Gasteiger charge is 2.18. The second-order valence-electron chi connectivity index (χ2n) is 4.60. The Hall–Kier alpha value is -1.09. The number of benzene rings is 2. The zero-order valence-corrected chi connectivity index (χ0v) is 14.2. The summed E-state index contributed by atoms with van der Waals surface area (Å²) in [5.41, 5.74) is 2.65. The number of hydrogen-bond acceptors (Lipinski definition) is 2. The van der Waals surface area contributed by atoms with Crippen LogP contribution in [0.4, 0.5) is 0 Å². The van der Waals surface area contributed by atoms with Gasteiger partial charge in [0.2, 0.25) is 0 Å². The maximum absolute atomic E-state index is 6.56. The van der Waals surface area contributed by atoms with Crippen LogP contribution in [0.1, 0.15) is 22.1 Å². The number of ether oxygens (including phenoxy) is 2. The van der Waals surface area contributed by atoms with Gasteiger partial charge < -0.3 is 9.47 Å². The van der Waals surface area contributed by atoms with E-state index in [0.717, 1.165) is 16.7 Å². The zero-order chi connectivity index (χ0) is 15.6. The molecule has 0 heterocycles. The van der Waals surface area contributed by atoms with Crippen molar-refractivity contribution in [2.45, 2.75) is 12.3 Å². The quantitative estimate of drug-likeness (QED) is 0.667. The number of hydrogen-bond donors (Lipinski definition) is 0. The minimum Gasteiger partial charge on any atom is -0.493 e. The van der Waals surface area contributed by atoms with Crippen molar-refractivity contribution in [1.29, 1.82) is 0 Å². The van der Waals surface area contributed by atoms with Gasteiger partial charge in [0.15, 0.2) is 11.5 Å². The van der Waals surface area contributed by atoms with Crippen molar-refractivity contribution in [3.63, 3.8) is 0 Å². The first-order valence-electron chi connectivity index (χ1n) is 6.29. The van der Waals surface area contributed by atoms with Crippen LogP contribution in [0.5, 0.6) is 11.5 Å². The molecular weight excluding hydrogens is 331 g/mol. The van der Waals surface area contributed by atoms with Gasteiger partial charge in [-0.2, -0.15) is 0 Å². The van der Waals surface area contributed by atoms with E-state index in [0.29, 0.717) is 21.5 Å². The summed E-state index contributed by atoms with van der Waals surface area (Å²) in [5.74, 6) is 1.16. The third-order valence-electron chi connectivity index (χ3n) is 3.25. The van der Waals surface area contributed by atoms with Gasteiger partial charge in [0.25, 0.3) is 0 Å². The van der Waals surface area contributed by atoms with Crippen molar-refractivity contribution in [2.24, 2.45) is 0 Å². The van der Waals surface area contributed by atoms with Crippen LogP contribution < -0.4 is 9.47 Å². The fourth-order valence-electron chi connectivity index (χ4n) is 2.07. The van der Waals surface area contributed by atoms with E-state index in [1.807, 2.05) is 25.1 Å². The lowest BCUT2D eigenvalue weighted by atomic mass is 10.0. The lowest BCUT2D eigenvalue weighted by Gasteiger charge is -2.16. The van der Waals surface area contributed by atoms with Crippen molar-refractivity contribution in [2.75, 3.05) is 14.2 Å². The monoisotopic (exact) mass is 344 g/mol. The van der Waals surface area contributed by atoms with E-state index < -0.39 is 5.38 Å². The van der Waals surface area contributed by atoms with Crippen LogP contribution in [0.25, 0.3) is 0 Å². The van der Waals surface area contributed by atoms with Gasteiger partial charge in [-0.15, -0.1) is 11.6 Å². The molecule has 2 aromatic rings. The van der Waals surface area contributed by atoms with E-state index in [1.165, 1.54) is 0 Å². The molecule has 0 aliphatic heterocycles. The first-order valence-corrected chi connectivity index (χ1v) is 7.48. The molecule has 2 nitrogen and oxygen atoms in total. The zero-order valence-electron chi connectivity index (χ0n) is 11.9. The Kier molecular flexibility index (Phi) is 5.26. The Morgan fingerprint density at radius 3 is 2.10 bits per heavy atom. The van der Waals surface area contributed by atoms with E-state index in [9.17, 15) is 0 Å². The first-order chi connectivity index (χ1) is 9.97. The summed E-state index contributed by atoms with van der Waals surface area (Å²) in [5, 5.41) is 0.842. The lowest BCUT2D eigenvalue weighted by Crippen LogP contribution is -1.98. The van der Waals surface area contributed by atoms with Crippen molar-refractivity contribution in [3.05, 3.63) is 57.1 Å². The normalized spacial score (nSPS) is 12.1. The van der Waals surface area contributed by atoms with Gasteiger partial charge in [-0.25, -0.2) is 0 Å². The van der Waals surface area contributed by atoms with Crippen molar-refractivity contribution >= 4 is 34.8 Å². The topological polar surface area (TPSA) is 18.5 Å². The molecular formula is C16H15Cl3O2. The van der Waals surface area contributed by atoms with E-state index in [4.69, 9.17) is 44.3 Å². The molecule has 0 N–H and O–H groups in total. The highest BCUT2D eigenvalue weighted by Crippen LogP contribution is 2.40. The standard InChI is InChI=1S/C16H15Cl3O2/c1-9-6-10(4-5-12(9)17)16(19)11-7-14(20-2)15(21-3)8-13(11)18/h4-8,16H,1-3H3. The molecule has 112 valence electrons. The SMILES string of the molecule is COc1cc(Cl)c(C(Cl)c2ccc(Cl)c(C)c2)cc1OC. The van der Waals surface area contributed by atoms with E-state index in [2.05, 4.69) is 0 Å². The Labute approximate surface area is 139 Å². The number of rotatable bonds is 4. The molecule has 0 aliphatic carbocycles. The van der Waals surface area contributed by atoms with E-state index >= 15 is 0 Å². The maximum Gasteiger partial charge on any atom is 0.162 e. The summed E-state index contributed by atoms with van der Waals surface area (Å²) >= 11 is 18.9. The molecule has 0 amide bonds. The second kappa shape index (κ2) is 6.78. The van der Waals surface area contributed by atoms with Gasteiger partial charge in [0.1, 0.15) is 0 Å². The lowest BCUT2D eigenvalue weighted by molar-refractivity contribution is 0.354. The highest BCUT2D eigenvalue weighted by atomic mass is 35.5. The number of methoxy groups -OCH3 is 2. The van der Waals surface area contributed by atoms with Crippen LogP contribution in [0.15, 0.2) is 30.3 Å². The second-order valence-corrected chi connectivity index (χ2v) is 5.85. The molecule has 0 spiro atoms. The van der Waals surface area contributed by atoms with Crippen molar-refractivity contribution < 1.29 is 9.47 Å². The van der Waals surface area contributed by atoms with Crippen LogP contribution >= 0.6 is 34.8 Å². The van der Waals surface area contributed by atoms with Gasteiger partial charge in [-0.05, 0) is 35.7 Å². The molecule has 0 saturated carbocycles. The van der Waals surface area contributed by atoms with Crippen LogP contribution in [0.2, 0.25) is 10.0 Å². The maximum atomic E-state index is 6.56. The number of halogens is 3. The predicted octanol–water partition coefficient (Wildman–Crippen LogP) is 5.65. The third-order valence-corrected chi connectivity index (χ3v) is 4.49. The largest absolute Gasteiger partial charge is 0.493 e. The van der Waals surface area contributed by atoms with Crippen molar-refractivity contribution in [3.8, 4) is 11.5 Å². The van der Waals surface area contributed by atoms with E-state index in [1.54, 1.807) is 26.4 Å². The molecule has 5 heteroatoms. The average Bonchev–Trinajstić information content (AvgIpc) is 2.49. The average molecular weight is 346 g/mol. The fraction of sp³-hybridized carbons (Fsp3) is 0.250. The van der Waals surface area contributed by atoms with Crippen LogP contribution in [0.3, 0.4) is 0 Å². The van der Waals surface area contributed by atoms with Gasteiger partial charge >= 0.3 is 0 Å². The smallest absolute Gasteiger partial charge is 0.162 e. The molecule has 0 radical (unpaired) electrons. The molecule has 0 saturated heterocycles. The van der Waals surface area contributed by atoms with Gasteiger partial charge in [-0.3, -0.25) is 0 Å². The molecule has 21 heavy (non-hydrogen) atoms. The van der Waals surface area contributed by atoms with Crippen molar-refractivity contribution in [1.82, 2.24) is 0 Å². The molecule has 0 fully saturated rings. The minimum absolute atomic E-state index is 0.395. The highest BCUT2D eigenvalue weighted by molar-refractivity contribution is 6.33. The Bertz CT molecular complexity index is 656. The van der Waals surface area contributed by atoms with Crippen LogP contribution in [-0.2, 0) is 0 Å². The summed E-state index contributed by atoms with van der Waals surface area (Å²) in [7, 11) is 3.14. The fourth-order valence-corrected chi connectivity index (χ4v) is 2.82.